The van der Waals surface area contributed by atoms with Crippen molar-refractivity contribution in [3.63, 3.8) is 0 Å². The Morgan fingerprint density at radius 1 is 1.50 bits per heavy atom. The van der Waals surface area contributed by atoms with Gasteiger partial charge in [0.05, 0.1) is 0 Å². The summed E-state index contributed by atoms with van der Waals surface area (Å²) in [6, 6.07) is 0. The second-order valence-electron chi connectivity index (χ2n) is 3.47. The molecular weight excluding hydrogens is 196 g/mol. The van der Waals surface area contributed by atoms with Crippen molar-refractivity contribution in [1.29, 1.82) is 0 Å². The minimum absolute atomic E-state index is 0.152. The van der Waals surface area contributed by atoms with Crippen LogP contribution in [-0.2, 0) is 4.79 Å². The molecule has 1 unspecified atom stereocenters. The zero-order valence-electron chi connectivity index (χ0n) is 9.43. The third-order valence-electron chi connectivity index (χ3n) is 1.88. The molecule has 0 aromatic heterocycles. The molecule has 0 aliphatic rings. The van der Waals surface area contributed by atoms with Gasteiger partial charge in [-0.15, -0.1) is 0 Å². The van der Waals surface area contributed by atoms with Gasteiger partial charge < -0.3 is 10.6 Å². The lowest BCUT2D eigenvalue weighted by molar-refractivity contribution is -0.121. The van der Waals surface area contributed by atoms with E-state index in [0.717, 1.165) is 25.4 Å². The summed E-state index contributed by atoms with van der Waals surface area (Å²) in [5, 5.41) is 6.06. The Kier molecular flexibility index (Phi) is 9.19. The zero-order chi connectivity index (χ0) is 10.8. The molecule has 1 atom stereocenters. The molecule has 3 nitrogen and oxygen atoms in total. The van der Waals surface area contributed by atoms with E-state index in [-0.39, 0.29) is 5.91 Å². The second-order valence-corrected chi connectivity index (χ2v) is 4.38. The van der Waals surface area contributed by atoms with Gasteiger partial charge in [-0.3, -0.25) is 4.79 Å². The Hall–Kier alpha value is -0.220. The molecule has 0 heterocycles. The highest BCUT2D eigenvalue weighted by Gasteiger charge is 2.04. The monoisotopic (exact) mass is 218 g/mol. The van der Waals surface area contributed by atoms with Crippen molar-refractivity contribution < 1.29 is 4.79 Å². The highest BCUT2D eigenvalue weighted by atomic mass is 32.2. The number of thioether (sulfide) groups is 1. The van der Waals surface area contributed by atoms with Crippen LogP contribution in [0.15, 0.2) is 0 Å². The first-order valence-electron chi connectivity index (χ1n) is 5.17. The first kappa shape index (κ1) is 13.8. The molecule has 0 aromatic rings. The van der Waals surface area contributed by atoms with Gasteiger partial charge in [0.25, 0.3) is 0 Å². The molecule has 14 heavy (non-hydrogen) atoms. The first-order chi connectivity index (χ1) is 6.70. The lowest BCUT2D eigenvalue weighted by Crippen LogP contribution is -2.31. The topological polar surface area (TPSA) is 41.1 Å². The minimum Gasteiger partial charge on any atom is -0.356 e. The average molecular weight is 218 g/mol. The maximum absolute atomic E-state index is 11.3. The zero-order valence-corrected chi connectivity index (χ0v) is 10.2. The van der Waals surface area contributed by atoms with Crippen LogP contribution in [0.3, 0.4) is 0 Å². The van der Waals surface area contributed by atoms with E-state index in [9.17, 15) is 4.79 Å². The third-order valence-corrected chi connectivity index (χ3v) is 2.78. The number of rotatable bonds is 8. The van der Waals surface area contributed by atoms with E-state index in [1.807, 2.05) is 18.7 Å². The number of carbonyl (C=O) groups is 1. The Morgan fingerprint density at radius 3 is 2.79 bits per heavy atom. The number of nitrogens with one attached hydrogen (secondary N) is 2. The van der Waals surface area contributed by atoms with Crippen molar-refractivity contribution in [2.75, 3.05) is 31.6 Å². The predicted molar refractivity (Wildman–Crippen MR) is 63.7 cm³/mol. The minimum atomic E-state index is 0.152. The SMILES string of the molecule is CCNCCC(=O)NCC(C)CSC. The summed E-state index contributed by atoms with van der Waals surface area (Å²) in [6.07, 6.45) is 2.67. The van der Waals surface area contributed by atoms with Gasteiger partial charge in [0.15, 0.2) is 0 Å². The molecule has 0 radical (unpaired) electrons. The van der Waals surface area contributed by atoms with Crippen LogP contribution < -0.4 is 10.6 Å². The summed E-state index contributed by atoms with van der Waals surface area (Å²) in [7, 11) is 0. The van der Waals surface area contributed by atoms with Gasteiger partial charge in [0.2, 0.25) is 5.91 Å². The fraction of sp³-hybridized carbons (Fsp3) is 0.900. The number of hydrogen-bond acceptors (Lipinski definition) is 3. The van der Waals surface area contributed by atoms with E-state index < -0.39 is 0 Å². The second kappa shape index (κ2) is 9.34. The van der Waals surface area contributed by atoms with Crippen LogP contribution in [0.2, 0.25) is 0 Å². The summed E-state index contributed by atoms with van der Waals surface area (Å²) in [6.45, 7) is 6.70. The Labute approximate surface area is 91.4 Å². The molecule has 0 aromatic carbocycles. The standard InChI is InChI=1S/C10H22N2OS/c1-4-11-6-5-10(13)12-7-9(2)8-14-3/h9,11H,4-8H2,1-3H3,(H,12,13). The fourth-order valence-corrected chi connectivity index (χ4v) is 1.79. The van der Waals surface area contributed by atoms with Gasteiger partial charge in [0.1, 0.15) is 0 Å². The average Bonchev–Trinajstić information content (AvgIpc) is 2.16. The van der Waals surface area contributed by atoms with Crippen LogP contribution in [0.5, 0.6) is 0 Å². The van der Waals surface area contributed by atoms with Crippen LogP contribution in [0, 0.1) is 5.92 Å². The van der Waals surface area contributed by atoms with E-state index >= 15 is 0 Å². The largest absolute Gasteiger partial charge is 0.356 e. The summed E-state index contributed by atoms with van der Waals surface area (Å²) in [5.41, 5.74) is 0. The number of carbonyl (C=O) groups excluding carboxylic acids is 1. The molecule has 0 saturated heterocycles. The van der Waals surface area contributed by atoms with Gasteiger partial charge in [0, 0.05) is 19.5 Å². The predicted octanol–water partition coefficient (Wildman–Crippen LogP) is 1.10. The van der Waals surface area contributed by atoms with Crippen molar-refractivity contribution in [3.8, 4) is 0 Å². The van der Waals surface area contributed by atoms with Crippen LogP contribution in [0.4, 0.5) is 0 Å². The summed E-state index contributed by atoms with van der Waals surface area (Å²) >= 11 is 1.82. The van der Waals surface area contributed by atoms with Crippen molar-refractivity contribution in [1.82, 2.24) is 10.6 Å². The van der Waals surface area contributed by atoms with Gasteiger partial charge in [-0.1, -0.05) is 13.8 Å². The molecule has 0 spiro atoms. The van der Waals surface area contributed by atoms with Gasteiger partial charge in [-0.25, -0.2) is 0 Å². The Bertz CT molecular complexity index is 153. The normalized spacial score (nSPS) is 12.5. The van der Waals surface area contributed by atoms with Gasteiger partial charge >= 0.3 is 0 Å². The maximum Gasteiger partial charge on any atom is 0.221 e. The summed E-state index contributed by atoms with van der Waals surface area (Å²) in [5.74, 6) is 1.82. The maximum atomic E-state index is 11.3. The Morgan fingerprint density at radius 2 is 2.21 bits per heavy atom. The smallest absolute Gasteiger partial charge is 0.221 e. The molecule has 4 heteroatoms. The quantitative estimate of drug-likeness (QED) is 0.600. The molecular formula is C10H22N2OS. The molecule has 1 amide bonds. The van der Waals surface area contributed by atoms with E-state index in [1.165, 1.54) is 0 Å². The Balaban J connectivity index is 3.34. The van der Waals surface area contributed by atoms with Crippen molar-refractivity contribution in [2.45, 2.75) is 20.3 Å². The highest BCUT2D eigenvalue weighted by molar-refractivity contribution is 7.98. The lowest BCUT2D eigenvalue weighted by atomic mass is 10.2. The molecule has 0 bridgehead atoms. The molecule has 0 aliphatic heterocycles. The highest BCUT2D eigenvalue weighted by Crippen LogP contribution is 2.02. The molecule has 0 aliphatic carbocycles. The first-order valence-corrected chi connectivity index (χ1v) is 6.56. The number of hydrogen-bond donors (Lipinski definition) is 2. The molecule has 84 valence electrons. The van der Waals surface area contributed by atoms with Crippen LogP contribution >= 0.6 is 11.8 Å². The fourth-order valence-electron chi connectivity index (χ4n) is 1.10. The van der Waals surface area contributed by atoms with E-state index in [2.05, 4.69) is 23.8 Å². The lowest BCUT2D eigenvalue weighted by Gasteiger charge is -2.11. The van der Waals surface area contributed by atoms with Crippen LogP contribution in [-0.4, -0.2) is 37.6 Å². The van der Waals surface area contributed by atoms with E-state index in [4.69, 9.17) is 0 Å². The summed E-state index contributed by atoms with van der Waals surface area (Å²) in [4.78, 5) is 11.3. The van der Waals surface area contributed by atoms with Crippen LogP contribution in [0.25, 0.3) is 0 Å². The molecule has 0 fully saturated rings. The molecule has 0 rings (SSSR count). The van der Waals surface area contributed by atoms with Gasteiger partial charge in [-0.2, -0.15) is 11.8 Å². The third kappa shape index (κ3) is 8.38. The molecule has 0 saturated carbocycles. The van der Waals surface area contributed by atoms with Gasteiger partial charge in [-0.05, 0) is 24.5 Å². The van der Waals surface area contributed by atoms with E-state index in [1.54, 1.807) is 0 Å². The summed E-state index contributed by atoms with van der Waals surface area (Å²) < 4.78 is 0. The van der Waals surface area contributed by atoms with Crippen molar-refractivity contribution in [2.24, 2.45) is 5.92 Å². The molecule has 2 N–H and O–H groups in total. The van der Waals surface area contributed by atoms with Crippen molar-refractivity contribution >= 4 is 17.7 Å². The number of amides is 1. The van der Waals surface area contributed by atoms with E-state index in [0.29, 0.717) is 12.3 Å². The van der Waals surface area contributed by atoms with Crippen LogP contribution in [0.1, 0.15) is 20.3 Å². The van der Waals surface area contributed by atoms with Crippen molar-refractivity contribution in [3.05, 3.63) is 0 Å².